The second-order valence-electron chi connectivity index (χ2n) is 6.99. The van der Waals surface area contributed by atoms with Crippen LogP contribution in [0.2, 0.25) is 0 Å². The largest absolute Gasteiger partial charge is 0.350 e. The summed E-state index contributed by atoms with van der Waals surface area (Å²) in [5.74, 6) is -0.516. The van der Waals surface area contributed by atoms with Crippen LogP contribution < -0.4 is 10.2 Å². The molecule has 138 valence electrons. The molecular formula is C20H20N4O3. The molecule has 1 atom stereocenters. The van der Waals surface area contributed by atoms with Crippen molar-refractivity contribution in [1.82, 2.24) is 15.2 Å². The van der Waals surface area contributed by atoms with Gasteiger partial charge in [0.1, 0.15) is 12.2 Å². The molecule has 0 aliphatic carbocycles. The first-order chi connectivity index (χ1) is 13.0. The van der Waals surface area contributed by atoms with Crippen LogP contribution >= 0.6 is 0 Å². The molecule has 0 saturated carbocycles. The van der Waals surface area contributed by atoms with Crippen LogP contribution in [0.3, 0.4) is 0 Å². The minimum absolute atomic E-state index is 0.0281. The number of anilines is 1. The van der Waals surface area contributed by atoms with Crippen LogP contribution in [0.1, 0.15) is 35.7 Å². The van der Waals surface area contributed by atoms with E-state index in [0.29, 0.717) is 30.6 Å². The molecule has 4 rings (SSSR count). The summed E-state index contributed by atoms with van der Waals surface area (Å²) in [6.07, 6.45) is 4.18. The highest BCUT2D eigenvalue weighted by Crippen LogP contribution is 2.43. The van der Waals surface area contributed by atoms with Crippen LogP contribution in [0.25, 0.3) is 0 Å². The summed E-state index contributed by atoms with van der Waals surface area (Å²) in [5.41, 5.74) is 1.18. The molecule has 2 aliphatic heterocycles. The molecule has 7 heteroatoms. The minimum atomic E-state index is -0.823. The Labute approximate surface area is 157 Å². The average molecular weight is 364 g/mol. The number of nitrogens with zero attached hydrogens (tertiary/aromatic N) is 3. The SMILES string of the molecule is CC12CCC(=O)N1c1ccccc1C(=O)N2CC(=O)NCc1ccncc1. The van der Waals surface area contributed by atoms with E-state index in [1.54, 1.807) is 35.5 Å². The van der Waals surface area contributed by atoms with E-state index in [0.717, 1.165) is 5.56 Å². The number of nitrogens with one attached hydrogen (secondary N) is 1. The summed E-state index contributed by atoms with van der Waals surface area (Å²) in [7, 11) is 0. The van der Waals surface area contributed by atoms with Crippen molar-refractivity contribution < 1.29 is 14.4 Å². The van der Waals surface area contributed by atoms with E-state index < -0.39 is 5.66 Å². The standard InChI is InChI=1S/C20H20N4O3/c1-20-9-6-18(26)24(20)16-5-3-2-4-15(16)19(27)23(20)13-17(25)22-12-14-7-10-21-11-8-14/h2-5,7-8,10-11H,6,9,12-13H2,1H3,(H,22,25). The fourth-order valence-corrected chi connectivity index (χ4v) is 3.84. The number of hydrogen-bond donors (Lipinski definition) is 1. The molecule has 1 aromatic carbocycles. The highest BCUT2D eigenvalue weighted by Gasteiger charge is 2.53. The number of pyridine rings is 1. The highest BCUT2D eigenvalue weighted by atomic mass is 16.2. The maximum Gasteiger partial charge on any atom is 0.258 e. The topological polar surface area (TPSA) is 82.6 Å². The monoisotopic (exact) mass is 364 g/mol. The van der Waals surface area contributed by atoms with Crippen LogP contribution in [0, 0.1) is 0 Å². The fourth-order valence-electron chi connectivity index (χ4n) is 3.84. The predicted octanol–water partition coefficient (Wildman–Crippen LogP) is 1.70. The predicted molar refractivity (Wildman–Crippen MR) is 98.7 cm³/mol. The summed E-state index contributed by atoms with van der Waals surface area (Å²) >= 11 is 0. The van der Waals surface area contributed by atoms with Gasteiger partial charge in [0.05, 0.1) is 11.3 Å². The number of para-hydroxylation sites is 1. The van der Waals surface area contributed by atoms with Crippen LogP contribution in [0.5, 0.6) is 0 Å². The second-order valence-corrected chi connectivity index (χ2v) is 6.99. The maximum absolute atomic E-state index is 13.1. The Hall–Kier alpha value is -3.22. The zero-order valence-electron chi connectivity index (χ0n) is 15.0. The van der Waals surface area contributed by atoms with Gasteiger partial charge in [0.15, 0.2) is 0 Å². The number of rotatable bonds is 4. The lowest BCUT2D eigenvalue weighted by Gasteiger charge is -2.48. The Kier molecular flexibility index (Phi) is 4.14. The number of hydrogen-bond acceptors (Lipinski definition) is 4. The van der Waals surface area contributed by atoms with Gasteiger partial charge in [-0.2, -0.15) is 0 Å². The van der Waals surface area contributed by atoms with Gasteiger partial charge >= 0.3 is 0 Å². The smallest absolute Gasteiger partial charge is 0.258 e. The number of carbonyl (C=O) groups is 3. The van der Waals surface area contributed by atoms with Crippen molar-refractivity contribution in [3.8, 4) is 0 Å². The van der Waals surface area contributed by atoms with Gasteiger partial charge in [-0.15, -0.1) is 0 Å². The lowest BCUT2D eigenvalue weighted by molar-refractivity contribution is -0.124. The zero-order valence-corrected chi connectivity index (χ0v) is 15.0. The first-order valence-electron chi connectivity index (χ1n) is 8.90. The Morgan fingerprint density at radius 2 is 1.93 bits per heavy atom. The number of carbonyl (C=O) groups excluding carboxylic acids is 3. The molecule has 1 saturated heterocycles. The van der Waals surface area contributed by atoms with E-state index in [4.69, 9.17) is 0 Å². The Balaban J connectivity index is 1.57. The lowest BCUT2D eigenvalue weighted by atomic mass is 9.98. The second kappa shape index (κ2) is 6.50. The van der Waals surface area contributed by atoms with Gasteiger partial charge in [0, 0.05) is 25.4 Å². The molecule has 2 aromatic rings. The van der Waals surface area contributed by atoms with Crippen molar-refractivity contribution in [2.45, 2.75) is 32.0 Å². The van der Waals surface area contributed by atoms with E-state index in [-0.39, 0.29) is 24.3 Å². The van der Waals surface area contributed by atoms with E-state index in [1.165, 1.54) is 4.90 Å². The van der Waals surface area contributed by atoms with Crippen molar-refractivity contribution in [3.05, 3.63) is 59.9 Å². The Morgan fingerprint density at radius 3 is 2.70 bits per heavy atom. The number of benzene rings is 1. The molecule has 27 heavy (non-hydrogen) atoms. The van der Waals surface area contributed by atoms with E-state index >= 15 is 0 Å². The molecule has 1 unspecified atom stereocenters. The quantitative estimate of drug-likeness (QED) is 0.895. The summed E-state index contributed by atoms with van der Waals surface area (Å²) < 4.78 is 0. The van der Waals surface area contributed by atoms with Gasteiger partial charge in [-0.05, 0) is 43.2 Å². The third-order valence-corrected chi connectivity index (χ3v) is 5.29. The first-order valence-corrected chi connectivity index (χ1v) is 8.90. The van der Waals surface area contributed by atoms with Crippen LogP contribution in [0.4, 0.5) is 5.69 Å². The molecule has 3 heterocycles. The molecule has 7 nitrogen and oxygen atoms in total. The summed E-state index contributed by atoms with van der Waals surface area (Å²) in [5, 5.41) is 2.84. The molecule has 3 amide bonds. The molecule has 1 aromatic heterocycles. The fraction of sp³-hybridized carbons (Fsp3) is 0.300. The van der Waals surface area contributed by atoms with E-state index in [1.807, 2.05) is 25.1 Å². The Morgan fingerprint density at radius 1 is 1.19 bits per heavy atom. The third-order valence-electron chi connectivity index (χ3n) is 5.29. The average Bonchev–Trinajstić information content (AvgIpc) is 3.00. The van der Waals surface area contributed by atoms with Crippen LogP contribution in [0.15, 0.2) is 48.8 Å². The van der Waals surface area contributed by atoms with Crippen molar-refractivity contribution >= 4 is 23.4 Å². The lowest BCUT2D eigenvalue weighted by Crippen LogP contribution is -2.63. The summed E-state index contributed by atoms with van der Waals surface area (Å²) in [6, 6.07) is 10.7. The minimum Gasteiger partial charge on any atom is -0.350 e. The summed E-state index contributed by atoms with van der Waals surface area (Å²) in [6.45, 7) is 2.11. The van der Waals surface area contributed by atoms with Crippen molar-refractivity contribution in [1.29, 1.82) is 0 Å². The van der Waals surface area contributed by atoms with Gasteiger partial charge in [-0.25, -0.2) is 0 Å². The molecule has 1 N–H and O–H groups in total. The maximum atomic E-state index is 13.1. The number of fused-ring (bicyclic) bond motifs is 3. The molecule has 0 spiro atoms. The van der Waals surface area contributed by atoms with Crippen molar-refractivity contribution in [3.63, 3.8) is 0 Å². The molecule has 2 aliphatic rings. The number of aromatic nitrogens is 1. The van der Waals surface area contributed by atoms with Gasteiger partial charge in [0.25, 0.3) is 5.91 Å². The first kappa shape index (κ1) is 17.2. The van der Waals surface area contributed by atoms with Gasteiger partial charge in [-0.3, -0.25) is 24.3 Å². The van der Waals surface area contributed by atoms with E-state index in [2.05, 4.69) is 10.3 Å². The number of amides is 3. The van der Waals surface area contributed by atoms with Crippen molar-refractivity contribution in [2.24, 2.45) is 0 Å². The normalized spacial score (nSPS) is 21.1. The third kappa shape index (κ3) is 2.85. The van der Waals surface area contributed by atoms with Crippen LogP contribution in [-0.2, 0) is 16.1 Å². The van der Waals surface area contributed by atoms with Gasteiger partial charge in [-0.1, -0.05) is 12.1 Å². The zero-order chi connectivity index (χ0) is 19.0. The highest BCUT2D eigenvalue weighted by molar-refractivity contribution is 6.11. The van der Waals surface area contributed by atoms with Gasteiger partial charge < -0.3 is 10.2 Å². The summed E-state index contributed by atoms with van der Waals surface area (Å²) in [4.78, 5) is 45.2. The molecule has 0 radical (unpaired) electrons. The van der Waals surface area contributed by atoms with Gasteiger partial charge in [0.2, 0.25) is 11.8 Å². The van der Waals surface area contributed by atoms with Crippen molar-refractivity contribution in [2.75, 3.05) is 11.4 Å². The molecule has 0 bridgehead atoms. The van der Waals surface area contributed by atoms with E-state index in [9.17, 15) is 14.4 Å². The Bertz CT molecular complexity index is 914. The molecule has 1 fully saturated rings. The van der Waals surface area contributed by atoms with Crippen LogP contribution in [-0.4, -0.2) is 39.8 Å². The molecular weight excluding hydrogens is 344 g/mol.